The van der Waals surface area contributed by atoms with Crippen LogP contribution in [0.25, 0.3) is 0 Å². The maximum absolute atomic E-state index is 5.23. The van der Waals surface area contributed by atoms with Crippen molar-refractivity contribution in [2.45, 2.75) is 328 Å². The summed E-state index contributed by atoms with van der Waals surface area (Å²) in [6, 6.07) is 1.94. The van der Waals surface area contributed by atoms with E-state index < -0.39 is 0 Å². The van der Waals surface area contributed by atoms with Gasteiger partial charge in [-0.05, 0) is 75.3 Å². The molecule has 618 valence electrons. The standard InChI is InChI=1S/C8H14N2.C7H13N3.C7H12N2O.2C7H12N2.C7H11NO.C7H11NS.3C6H11N3.C6H10N2O.C6H10N2S/c1-8(2,3)7-9-5-6-10(7)4;1-5-8-6(10-9-5)7(2,3)4;1-5-8-9-6(10-5)7(2,3)4;1-7(2,3)6-8-4-5-9-6;1-7(2,3)9-6-4-5-8-9;2*1-7(2,3)6-8-4-5-9-6;1-6(2,3)5-7-4-8-9-5;1-6(2,3)9-5-4-7-8-9;1-6(2,3)9-7-4-5-8-9;2*1-6(2,3)5-8-7-4-9-5/h5-6H,1-4H3;1-4H3,(H,8,9,10);1-4H3;4-5H,1-3H3,(H,8,9);4-6H,1-3H3;2*4-5H,1-3H3;4H,1-3H3,(H,7,8,9);2*4-5H,1-3H3;2*4H,1-3H3. The SMILES string of the molecule is CC(C)(C)c1ncc[nH]1.CC(C)(C)c1ncco1.CC(C)(C)c1nccs1.CC(C)(C)c1ncn[nH]1.CC(C)(C)c1nnco1.CC(C)(C)c1nncs1.CC(C)(C)n1cccn1.CC(C)(C)n1ccnn1.CC(C)(C)n1nccn1.Cc1nc(C(C)(C)C)n[nH]1.Cc1nnc(C(C)(C)C)o1.Cn1ccnc1C(C)(C)C. The molecule has 0 aliphatic rings. The molecule has 0 aliphatic heterocycles. The zero-order chi connectivity index (χ0) is 85.5. The second-order valence-corrected chi connectivity index (χ2v) is 39.8. The zero-order valence-electron chi connectivity index (χ0n) is 74.7. The molecule has 0 spiro atoms. The minimum absolute atomic E-state index is 0.0174. The first-order chi connectivity index (χ1) is 50.5. The lowest BCUT2D eigenvalue weighted by Gasteiger charge is -2.18. The van der Waals surface area contributed by atoms with E-state index in [1.165, 1.54) is 17.7 Å². The highest BCUT2D eigenvalue weighted by Crippen LogP contribution is 2.26. The molecule has 12 rings (SSSR count). The molecule has 0 radical (unpaired) electrons. The highest BCUT2D eigenvalue weighted by molar-refractivity contribution is 7.09. The van der Waals surface area contributed by atoms with Gasteiger partial charge >= 0.3 is 0 Å². The Morgan fingerprint density at radius 3 is 1.22 bits per heavy atom. The topological polar surface area (TPSA) is 351 Å². The van der Waals surface area contributed by atoms with Crippen molar-refractivity contribution in [2.75, 3.05) is 0 Å². The van der Waals surface area contributed by atoms with Crippen LogP contribution >= 0.6 is 22.7 Å². The smallest absolute Gasteiger partial charge is 0.221 e. The van der Waals surface area contributed by atoms with Gasteiger partial charge in [-0.1, -0.05) is 192 Å². The van der Waals surface area contributed by atoms with Gasteiger partial charge in [0, 0.05) is 118 Å². The molecule has 0 atom stereocenters. The number of hydrogen-bond donors (Lipinski definition) is 3. The first-order valence-electron chi connectivity index (χ1n) is 37.1. The van der Waals surface area contributed by atoms with Crippen LogP contribution in [-0.4, -0.2) is 130 Å². The third-order valence-electron chi connectivity index (χ3n) is 13.7. The molecule has 0 saturated carbocycles. The molecule has 0 amide bonds. The van der Waals surface area contributed by atoms with Gasteiger partial charge in [-0.15, -0.1) is 58.4 Å². The number of thiazole rings is 1. The molecule has 0 unspecified atom stereocenters. The zero-order valence-corrected chi connectivity index (χ0v) is 76.4. The van der Waals surface area contributed by atoms with Gasteiger partial charge in [-0.25, -0.2) is 34.6 Å². The van der Waals surface area contributed by atoms with E-state index in [0.717, 1.165) is 40.0 Å². The largest absolute Gasteiger partial charge is 0.448 e. The van der Waals surface area contributed by atoms with E-state index in [0.29, 0.717) is 17.7 Å². The van der Waals surface area contributed by atoms with Gasteiger partial charge in [0.25, 0.3) is 0 Å². The quantitative estimate of drug-likeness (QED) is 0.127. The summed E-state index contributed by atoms with van der Waals surface area (Å²) >= 11 is 3.33. The summed E-state index contributed by atoms with van der Waals surface area (Å²) < 4.78 is 21.1. The summed E-state index contributed by atoms with van der Waals surface area (Å²) in [5.41, 5.74) is 2.85. The number of hydrogen-bond acceptors (Lipinski definition) is 24. The van der Waals surface area contributed by atoms with E-state index in [-0.39, 0.29) is 65.4 Å². The Bertz CT molecular complexity index is 3500. The summed E-state index contributed by atoms with van der Waals surface area (Å²) in [7, 11) is 2.02. The van der Waals surface area contributed by atoms with E-state index in [4.69, 9.17) is 13.3 Å². The van der Waals surface area contributed by atoms with Crippen LogP contribution in [0.3, 0.4) is 0 Å². The molecule has 111 heavy (non-hydrogen) atoms. The van der Waals surface area contributed by atoms with Crippen molar-refractivity contribution >= 4 is 22.7 Å². The number of imidazole rings is 2. The van der Waals surface area contributed by atoms with Crippen LogP contribution in [0.2, 0.25) is 0 Å². The molecule has 0 bridgehead atoms. The van der Waals surface area contributed by atoms with Crippen LogP contribution in [-0.2, 0) is 72.4 Å². The Morgan fingerprint density at radius 1 is 0.414 bits per heavy atom. The average Bonchev–Trinajstić information content (AvgIpc) is 1.72. The second kappa shape index (κ2) is 43.1. The molecular weight excluding hydrogens is 1440 g/mol. The number of oxazole rings is 1. The Balaban J connectivity index is 0.000000606. The number of aryl methyl sites for hydroxylation is 3. The molecule has 0 fully saturated rings. The van der Waals surface area contributed by atoms with Crippen LogP contribution in [0.4, 0.5) is 0 Å². The molecule has 12 heterocycles. The summed E-state index contributed by atoms with van der Waals surface area (Å²) in [6.07, 6.45) is 26.1. The first-order valence-corrected chi connectivity index (χ1v) is 38.8. The van der Waals surface area contributed by atoms with Gasteiger partial charge in [0.1, 0.15) is 46.4 Å². The maximum atomic E-state index is 5.23. The second-order valence-electron chi connectivity index (χ2n) is 38.0. The van der Waals surface area contributed by atoms with Gasteiger partial charge in [0.15, 0.2) is 11.7 Å². The van der Waals surface area contributed by atoms with Crippen molar-refractivity contribution in [3.8, 4) is 0 Å². The maximum Gasteiger partial charge on any atom is 0.221 e. The van der Waals surface area contributed by atoms with Gasteiger partial charge < -0.3 is 22.8 Å². The fourth-order valence-electron chi connectivity index (χ4n) is 7.59. The molecule has 12 aromatic rings. The molecule has 0 saturated heterocycles. The Kier molecular flexibility index (Phi) is 38.7. The third-order valence-corrected chi connectivity index (χ3v) is 16.0. The van der Waals surface area contributed by atoms with Gasteiger partial charge in [-0.3, -0.25) is 14.9 Å². The first kappa shape index (κ1) is 99.9. The molecule has 0 aliphatic carbocycles. The predicted octanol–water partition coefficient (Wildman–Crippen LogP) is 18.9. The highest BCUT2D eigenvalue weighted by Gasteiger charge is 2.24. The molecule has 31 heteroatoms. The molecule has 0 aromatic carbocycles. The number of aromatic amines is 3. The number of nitrogens with zero attached hydrogens (tertiary/aromatic N) is 23. The summed E-state index contributed by atoms with van der Waals surface area (Å²) in [5, 5.41) is 60.1. The van der Waals surface area contributed by atoms with Crippen molar-refractivity contribution in [1.82, 2.24) is 130 Å². The van der Waals surface area contributed by atoms with E-state index in [1.54, 1.807) is 83.3 Å². The van der Waals surface area contributed by atoms with Crippen LogP contribution in [0, 0.1) is 13.8 Å². The Morgan fingerprint density at radius 2 is 1.00 bits per heavy atom. The monoisotopic (exact) mass is 1580 g/mol. The van der Waals surface area contributed by atoms with Crippen LogP contribution < -0.4 is 0 Å². The van der Waals surface area contributed by atoms with Crippen molar-refractivity contribution in [3.63, 3.8) is 0 Å². The fourth-order valence-corrected chi connectivity index (χ4v) is 8.96. The van der Waals surface area contributed by atoms with Crippen LogP contribution in [0.5, 0.6) is 0 Å². The van der Waals surface area contributed by atoms with Crippen molar-refractivity contribution in [1.29, 1.82) is 0 Å². The molecular formula is C80H138N26O3S2. The summed E-state index contributed by atoms with van der Waals surface area (Å²) in [5.74, 6) is 7.67. The number of rotatable bonds is 0. The predicted molar refractivity (Wildman–Crippen MR) is 447 cm³/mol. The number of H-pyrrole nitrogens is 3. The summed E-state index contributed by atoms with van der Waals surface area (Å²) in [4.78, 5) is 29.6. The minimum atomic E-state index is -0.0265. The number of aromatic nitrogens is 26. The van der Waals surface area contributed by atoms with E-state index in [1.807, 2.05) is 114 Å². The number of nitrogens with one attached hydrogen (secondary N) is 3. The van der Waals surface area contributed by atoms with Crippen molar-refractivity contribution < 1.29 is 13.3 Å². The van der Waals surface area contributed by atoms with Crippen molar-refractivity contribution in [3.05, 3.63) is 173 Å². The highest BCUT2D eigenvalue weighted by atomic mass is 32.1. The third kappa shape index (κ3) is 41.6. The average molecular weight is 1580 g/mol. The minimum Gasteiger partial charge on any atom is -0.448 e. The Labute approximate surface area is 671 Å². The Hall–Kier alpha value is -9.13. The molecule has 29 nitrogen and oxygen atoms in total. The lowest BCUT2D eigenvalue weighted by atomic mass is 9.96. The van der Waals surface area contributed by atoms with Crippen LogP contribution in [0.1, 0.15) is 312 Å². The van der Waals surface area contributed by atoms with Crippen LogP contribution in [0.15, 0.2) is 124 Å². The summed E-state index contributed by atoms with van der Waals surface area (Å²) in [6.45, 7) is 79.3. The molecule has 12 aromatic heterocycles. The van der Waals surface area contributed by atoms with Gasteiger partial charge in [0.2, 0.25) is 24.1 Å². The normalized spacial score (nSPS) is 11.9. The molecule has 3 N–H and O–H groups in total. The van der Waals surface area contributed by atoms with Gasteiger partial charge in [-0.2, -0.15) is 30.3 Å². The van der Waals surface area contributed by atoms with E-state index in [9.17, 15) is 0 Å². The van der Waals surface area contributed by atoms with E-state index >= 15 is 0 Å². The fraction of sp³-hybridized carbons (Fsp3) is 0.637. The lowest BCUT2D eigenvalue weighted by Crippen LogP contribution is -2.24. The van der Waals surface area contributed by atoms with Gasteiger partial charge in [0.05, 0.1) is 46.4 Å². The lowest BCUT2D eigenvalue weighted by molar-refractivity contribution is 0.312. The van der Waals surface area contributed by atoms with Crippen molar-refractivity contribution in [2.24, 2.45) is 7.05 Å². The van der Waals surface area contributed by atoms with E-state index in [2.05, 4.69) is 324 Å².